The van der Waals surface area contributed by atoms with E-state index >= 15 is 0 Å². The predicted molar refractivity (Wildman–Crippen MR) is 68.8 cm³/mol. The molecular formula is C13H8ClNO5. The maximum atomic E-state index is 11.1. The highest BCUT2D eigenvalue weighted by Gasteiger charge is 2.17. The first-order valence-corrected chi connectivity index (χ1v) is 5.98. The quantitative estimate of drug-likeness (QED) is 0.877. The molecule has 0 fully saturated rings. The van der Waals surface area contributed by atoms with Crippen LogP contribution in [0.25, 0.3) is 0 Å². The van der Waals surface area contributed by atoms with Gasteiger partial charge in [-0.2, -0.15) is 0 Å². The largest absolute Gasteiger partial charge is 0.477 e. The van der Waals surface area contributed by atoms with Gasteiger partial charge in [0.2, 0.25) is 12.7 Å². The number of carboxylic acids is 1. The molecule has 6 nitrogen and oxygen atoms in total. The van der Waals surface area contributed by atoms with E-state index in [4.69, 9.17) is 30.9 Å². The summed E-state index contributed by atoms with van der Waals surface area (Å²) in [6.07, 6.45) is 0. The summed E-state index contributed by atoms with van der Waals surface area (Å²) >= 11 is 5.75. The third kappa shape index (κ3) is 2.33. The SMILES string of the molecule is O=C(O)c1ccc(Cl)nc1Oc1ccc2c(c1)OCO2. The molecular weight excluding hydrogens is 286 g/mol. The Hall–Kier alpha value is -2.47. The lowest BCUT2D eigenvalue weighted by Crippen LogP contribution is -2.02. The fourth-order valence-electron chi connectivity index (χ4n) is 1.71. The van der Waals surface area contributed by atoms with Gasteiger partial charge in [-0.3, -0.25) is 0 Å². The second-order valence-electron chi connectivity index (χ2n) is 3.91. The summed E-state index contributed by atoms with van der Waals surface area (Å²) in [5, 5.41) is 9.23. The average Bonchev–Trinajstić information content (AvgIpc) is 2.85. The Kier molecular flexibility index (Phi) is 3.08. The Morgan fingerprint density at radius 1 is 1.25 bits per heavy atom. The number of carboxylic acid groups (broad SMARTS) is 1. The van der Waals surface area contributed by atoms with Crippen molar-refractivity contribution in [2.45, 2.75) is 0 Å². The molecule has 1 aliphatic heterocycles. The molecule has 0 amide bonds. The van der Waals surface area contributed by atoms with Crippen molar-refractivity contribution in [1.82, 2.24) is 4.98 Å². The molecule has 0 atom stereocenters. The number of rotatable bonds is 3. The molecule has 0 aliphatic carbocycles. The predicted octanol–water partition coefficient (Wildman–Crippen LogP) is 2.95. The normalized spacial score (nSPS) is 12.2. The van der Waals surface area contributed by atoms with Crippen LogP contribution in [0.3, 0.4) is 0 Å². The molecule has 3 rings (SSSR count). The Labute approximate surface area is 118 Å². The van der Waals surface area contributed by atoms with Gasteiger partial charge in [0.1, 0.15) is 16.5 Å². The number of ether oxygens (including phenoxy) is 3. The van der Waals surface area contributed by atoms with E-state index in [0.717, 1.165) is 0 Å². The van der Waals surface area contributed by atoms with Gasteiger partial charge in [-0.25, -0.2) is 9.78 Å². The van der Waals surface area contributed by atoms with E-state index in [1.54, 1.807) is 18.2 Å². The highest BCUT2D eigenvalue weighted by Crippen LogP contribution is 2.36. The zero-order valence-electron chi connectivity index (χ0n) is 10.00. The average molecular weight is 294 g/mol. The molecule has 0 saturated carbocycles. The number of benzene rings is 1. The fraction of sp³-hybridized carbons (Fsp3) is 0.0769. The lowest BCUT2D eigenvalue weighted by atomic mass is 10.2. The van der Waals surface area contributed by atoms with Crippen LogP contribution in [0.15, 0.2) is 30.3 Å². The second-order valence-corrected chi connectivity index (χ2v) is 4.30. The van der Waals surface area contributed by atoms with Crippen LogP contribution < -0.4 is 14.2 Å². The van der Waals surface area contributed by atoms with Crippen LogP contribution in [0.4, 0.5) is 0 Å². The maximum Gasteiger partial charge on any atom is 0.341 e. The molecule has 102 valence electrons. The molecule has 1 aliphatic rings. The van der Waals surface area contributed by atoms with Crippen molar-refractivity contribution in [3.05, 3.63) is 41.0 Å². The van der Waals surface area contributed by atoms with Gasteiger partial charge in [0.15, 0.2) is 11.5 Å². The number of hydrogen-bond donors (Lipinski definition) is 1. The molecule has 0 radical (unpaired) electrons. The zero-order chi connectivity index (χ0) is 14.1. The first kappa shape index (κ1) is 12.6. The van der Waals surface area contributed by atoms with Crippen LogP contribution >= 0.6 is 11.6 Å². The van der Waals surface area contributed by atoms with Gasteiger partial charge in [0.25, 0.3) is 0 Å². The van der Waals surface area contributed by atoms with E-state index in [1.807, 2.05) is 0 Å². The Bertz CT molecular complexity index is 688. The third-order valence-corrected chi connectivity index (χ3v) is 2.83. The van der Waals surface area contributed by atoms with Crippen LogP contribution in [0, 0.1) is 0 Å². The number of fused-ring (bicyclic) bond motifs is 1. The molecule has 0 spiro atoms. The summed E-state index contributed by atoms with van der Waals surface area (Å²) < 4.78 is 15.9. The Morgan fingerprint density at radius 3 is 2.85 bits per heavy atom. The highest BCUT2D eigenvalue weighted by atomic mass is 35.5. The fourth-order valence-corrected chi connectivity index (χ4v) is 1.85. The minimum Gasteiger partial charge on any atom is -0.477 e. The van der Waals surface area contributed by atoms with Crippen molar-refractivity contribution in [3.8, 4) is 23.1 Å². The number of aromatic nitrogens is 1. The highest BCUT2D eigenvalue weighted by molar-refractivity contribution is 6.29. The summed E-state index contributed by atoms with van der Waals surface area (Å²) in [7, 11) is 0. The van der Waals surface area contributed by atoms with E-state index in [0.29, 0.717) is 17.2 Å². The van der Waals surface area contributed by atoms with E-state index in [-0.39, 0.29) is 23.4 Å². The van der Waals surface area contributed by atoms with E-state index in [9.17, 15) is 4.79 Å². The number of carbonyl (C=O) groups is 1. The van der Waals surface area contributed by atoms with Gasteiger partial charge >= 0.3 is 5.97 Å². The smallest absolute Gasteiger partial charge is 0.341 e. The molecule has 1 aromatic heterocycles. The van der Waals surface area contributed by atoms with Crippen molar-refractivity contribution in [2.24, 2.45) is 0 Å². The molecule has 2 heterocycles. The van der Waals surface area contributed by atoms with E-state index in [2.05, 4.69) is 4.98 Å². The lowest BCUT2D eigenvalue weighted by molar-refractivity contribution is 0.0693. The topological polar surface area (TPSA) is 77.9 Å². The van der Waals surface area contributed by atoms with Crippen molar-refractivity contribution in [2.75, 3.05) is 6.79 Å². The van der Waals surface area contributed by atoms with Crippen molar-refractivity contribution in [1.29, 1.82) is 0 Å². The monoisotopic (exact) mass is 293 g/mol. The number of hydrogen-bond acceptors (Lipinski definition) is 5. The van der Waals surface area contributed by atoms with E-state index in [1.165, 1.54) is 12.1 Å². The van der Waals surface area contributed by atoms with Crippen LogP contribution in [0.2, 0.25) is 5.15 Å². The number of pyridine rings is 1. The summed E-state index contributed by atoms with van der Waals surface area (Å²) in [5.41, 5.74) is -0.0768. The number of halogens is 1. The molecule has 7 heteroatoms. The number of nitrogens with zero attached hydrogens (tertiary/aromatic N) is 1. The van der Waals surface area contributed by atoms with Crippen LogP contribution in [-0.4, -0.2) is 22.9 Å². The first-order valence-electron chi connectivity index (χ1n) is 5.61. The van der Waals surface area contributed by atoms with Gasteiger partial charge in [0, 0.05) is 6.07 Å². The molecule has 0 bridgehead atoms. The standard InChI is InChI=1S/C13H8ClNO5/c14-11-4-2-8(13(16)17)12(15-11)20-7-1-3-9-10(5-7)19-6-18-9/h1-5H,6H2,(H,16,17). The second kappa shape index (κ2) is 4.90. The Balaban J connectivity index is 1.95. The number of aromatic carboxylic acids is 1. The lowest BCUT2D eigenvalue weighted by Gasteiger charge is -2.08. The minimum atomic E-state index is -1.15. The van der Waals surface area contributed by atoms with Gasteiger partial charge < -0.3 is 19.3 Å². The van der Waals surface area contributed by atoms with Gasteiger partial charge in [-0.05, 0) is 24.3 Å². The van der Waals surface area contributed by atoms with Gasteiger partial charge in [-0.15, -0.1) is 0 Å². The maximum absolute atomic E-state index is 11.1. The third-order valence-electron chi connectivity index (χ3n) is 2.62. The van der Waals surface area contributed by atoms with Gasteiger partial charge in [-0.1, -0.05) is 11.6 Å². The molecule has 1 N–H and O–H groups in total. The van der Waals surface area contributed by atoms with Gasteiger partial charge in [0.05, 0.1) is 0 Å². The van der Waals surface area contributed by atoms with Crippen LogP contribution in [0.1, 0.15) is 10.4 Å². The molecule has 0 unspecified atom stereocenters. The van der Waals surface area contributed by atoms with Crippen LogP contribution in [-0.2, 0) is 0 Å². The molecule has 1 aromatic carbocycles. The summed E-state index contributed by atoms with van der Waals surface area (Å²) in [6, 6.07) is 7.61. The van der Waals surface area contributed by atoms with Crippen molar-refractivity contribution < 1.29 is 24.1 Å². The summed E-state index contributed by atoms with van der Waals surface area (Å²) in [5.74, 6) is 0.288. The summed E-state index contributed by atoms with van der Waals surface area (Å²) in [6.45, 7) is 0.147. The molecule has 20 heavy (non-hydrogen) atoms. The van der Waals surface area contributed by atoms with Crippen molar-refractivity contribution >= 4 is 17.6 Å². The summed E-state index contributed by atoms with van der Waals surface area (Å²) in [4.78, 5) is 15.0. The van der Waals surface area contributed by atoms with Crippen LogP contribution in [0.5, 0.6) is 23.1 Å². The molecule has 2 aromatic rings. The first-order chi connectivity index (χ1) is 9.63. The van der Waals surface area contributed by atoms with E-state index < -0.39 is 5.97 Å². The Morgan fingerprint density at radius 2 is 2.05 bits per heavy atom. The molecule has 0 saturated heterocycles. The van der Waals surface area contributed by atoms with Crippen molar-refractivity contribution in [3.63, 3.8) is 0 Å². The minimum absolute atomic E-state index is 0.0768. The zero-order valence-corrected chi connectivity index (χ0v) is 10.8.